The minimum Gasteiger partial charge on any atom is -0.487 e. The number of carbonyl (C=O) groups is 1. The molecule has 40 valence electrons. The molecular weight excluding hydrogens is 94.0 g/mol. The molecule has 0 aromatic carbocycles. The quantitative estimate of drug-likeness (QED) is 0.282. The fourth-order valence-corrected chi connectivity index (χ4v) is 0.161. The maximum Gasteiger partial charge on any atom is 0.169 e. The number of hydrogen-bond acceptors (Lipinski definition) is 3. The summed E-state index contributed by atoms with van der Waals surface area (Å²) in [4.78, 5) is 13.0. The molecule has 0 amide bonds. The number of methoxy groups -OCH3 is 1. The van der Waals surface area contributed by atoms with Gasteiger partial charge in [-0.2, -0.15) is 0 Å². The molecule has 0 heterocycles. The maximum absolute atomic E-state index is 9.51. The van der Waals surface area contributed by atoms with Gasteiger partial charge >= 0.3 is 0 Å². The van der Waals surface area contributed by atoms with E-state index in [9.17, 15) is 4.79 Å². The lowest BCUT2D eigenvalue weighted by atomic mass is 10.8. The van der Waals surface area contributed by atoms with Gasteiger partial charge in [-0.1, -0.05) is 0 Å². The zero-order chi connectivity index (χ0) is 5.54. The Kier molecular flexibility index (Phi) is 4.51. The van der Waals surface area contributed by atoms with Crippen molar-refractivity contribution in [2.24, 2.45) is 4.99 Å². The van der Waals surface area contributed by atoms with Crippen molar-refractivity contribution in [1.29, 1.82) is 0 Å². The lowest BCUT2D eigenvalue weighted by Crippen LogP contribution is -1.82. The summed E-state index contributed by atoms with van der Waals surface area (Å²) in [5.41, 5.74) is 0. The second kappa shape index (κ2) is 5.14. The van der Waals surface area contributed by atoms with E-state index in [4.69, 9.17) is 0 Å². The highest BCUT2D eigenvalue weighted by Crippen LogP contribution is 1.59. The first-order valence-corrected chi connectivity index (χ1v) is 1.86. The van der Waals surface area contributed by atoms with Gasteiger partial charge in [0, 0.05) is 0 Å². The Hall–Kier alpha value is -0.860. The average molecular weight is 101 g/mol. The third-order valence-electron chi connectivity index (χ3n) is 0.360. The SMILES string of the molecule is COC=NCC=O. The molecule has 0 radical (unpaired) electrons. The van der Waals surface area contributed by atoms with Crippen LogP contribution in [0.25, 0.3) is 0 Å². The molecule has 0 rings (SSSR count). The van der Waals surface area contributed by atoms with E-state index >= 15 is 0 Å². The number of aldehydes is 1. The van der Waals surface area contributed by atoms with Gasteiger partial charge in [0.25, 0.3) is 0 Å². The fourth-order valence-electron chi connectivity index (χ4n) is 0.161. The molecule has 0 bridgehead atoms. The predicted octanol–water partition coefficient (Wildman–Crippen LogP) is -0.140. The van der Waals surface area contributed by atoms with E-state index in [0.717, 1.165) is 0 Å². The molecule has 0 aliphatic rings. The summed E-state index contributed by atoms with van der Waals surface area (Å²) < 4.78 is 4.39. The van der Waals surface area contributed by atoms with E-state index < -0.39 is 0 Å². The van der Waals surface area contributed by atoms with E-state index in [1.807, 2.05) is 0 Å². The van der Waals surface area contributed by atoms with Crippen LogP contribution >= 0.6 is 0 Å². The highest BCUT2D eigenvalue weighted by atomic mass is 16.5. The molecule has 0 unspecified atom stereocenters. The van der Waals surface area contributed by atoms with E-state index in [-0.39, 0.29) is 6.54 Å². The number of nitrogens with zero attached hydrogens (tertiary/aromatic N) is 1. The molecule has 7 heavy (non-hydrogen) atoms. The first kappa shape index (κ1) is 6.14. The maximum atomic E-state index is 9.51. The van der Waals surface area contributed by atoms with Crippen molar-refractivity contribution in [2.75, 3.05) is 13.7 Å². The van der Waals surface area contributed by atoms with Crippen LogP contribution in [-0.2, 0) is 9.53 Å². The monoisotopic (exact) mass is 101 g/mol. The predicted molar refractivity (Wildman–Crippen MR) is 26.4 cm³/mol. The van der Waals surface area contributed by atoms with Gasteiger partial charge in [0.2, 0.25) is 0 Å². The van der Waals surface area contributed by atoms with Crippen LogP contribution in [0.1, 0.15) is 0 Å². The van der Waals surface area contributed by atoms with Gasteiger partial charge in [-0.05, 0) is 0 Å². The van der Waals surface area contributed by atoms with Crippen LogP contribution in [0.2, 0.25) is 0 Å². The van der Waals surface area contributed by atoms with Crippen molar-refractivity contribution in [3.05, 3.63) is 0 Å². The third kappa shape index (κ3) is 5.14. The molecule has 0 N–H and O–H groups in total. The number of ether oxygens (including phenoxy) is 1. The molecule has 0 fully saturated rings. The summed E-state index contributed by atoms with van der Waals surface area (Å²) in [6.07, 6.45) is 1.93. The molecule has 0 aliphatic heterocycles. The summed E-state index contributed by atoms with van der Waals surface area (Å²) in [5.74, 6) is 0. The molecule has 3 heteroatoms. The van der Waals surface area contributed by atoms with Gasteiger partial charge in [0.1, 0.15) is 6.29 Å². The largest absolute Gasteiger partial charge is 0.487 e. The summed E-state index contributed by atoms with van der Waals surface area (Å²) in [5, 5.41) is 0. The normalized spacial score (nSPS) is 9.29. The molecule has 0 saturated heterocycles. The molecule has 3 nitrogen and oxygen atoms in total. The van der Waals surface area contributed by atoms with Crippen LogP contribution in [0.3, 0.4) is 0 Å². The molecule has 0 aromatic rings. The number of rotatable bonds is 3. The first-order valence-electron chi connectivity index (χ1n) is 1.86. The van der Waals surface area contributed by atoms with Crippen LogP contribution in [0.4, 0.5) is 0 Å². The van der Waals surface area contributed by atoms with Gasteiger partial charge in [-0.25, -0.2) is 0 Å². The van der Waals surface area contributed by atoms with Crippen LogP contribution in [-0.4, -0.2) is 26.3 Å². The van der Waals surface area contributed by atoms with Crippen molar-refractivity contribution in [1.82, 2.24) is 0 Å². The minimum absolute atomic E-state index is 0.188. The Morgan fingerprint density at radius 3 is 3.00 bits per heavy atom. The highest BCUT2D eigenvalue weighted by molar-refractivity contribution is 5.56. The Labute approximate surface area is 42.0 Å². The van der Waals surface area contributed by atoms with Crippen LogP contribution in [0.5, 0.6) is 0 Å². The van der Waals surface area contributed by atoms with Gasteiger partial charge in [-0.15, -0.1) is 0 Å². The fraction of sp³-hybridized carbons (Fsp3) is 0.500. The molecule has 0 aliphatic carbocycles. The van der Waals surface area contributed by atoms with Crippen molar-refractivity contribution >= 4 is 12.7 Å². The number of aliphatic imine (C=N–C) groups is 1. The van der Waals surface area contributed by atoms with Gasteiger partial charge in [-0.3, -0.25) is 4.99 Å². The molecule has 0 aromatic heterocycles. The Morgan fingerprint density at radius 1 is 1.86 bits per heavy atom. The van der Waals surface area contributed by atoms with Crippen molar-refractivity contribution in [3.8, 4) is 0 Å². The second-order valence-electron chi connectivity index (χ2n) is 0.873. The zero-order valence-electron chi connectivity index (χ0n) is 4.13. The first-order chi connectivity index (χ1) is 3.41. The van der Waals surface area contributed by atoms with Gasteiger partial charge in [0.15, 0.2) is 6.40 Å². The number of carbonyl (C=O) groups excluding carboxylic acids is 1. The summed E-state index contributed by atoms with van der Waals surface area (Å²) in [6.45, 7) is 0.188. The minimum atomic E-state index is 0.188. The van der Waals surface area contributed by atoms with Crippen molar-refractivity contribution in [3.63, 3.8) is 0 Å². The van der Waals surface area contributed by atoms with Gasteiger partial charge in [0.05, 0.1) is 13.7 Å². The third-order valence-corrected chi connectivity index (χ3v) is 0.360. The van der Waals surface area contributed by atoms with E-state index in [1.165, 1.54) is 13.5 Å². The Morgan fingerprint density at radius 2 is 2.57 bits per heavy atom. The smallest absolute Gasteiger partial charge is 0.169 e. The second-order valence-corrected chi connectivity index (χ2v) is 0.873. The standard InChI is InChI=1S/C4H7NO2/c1-7-4-5-2-3-6/h3-4H,2H2,1H3. The summed E-state index contributed by atoms with van der Waals surface area (Å²) in [6, 6.07) is 0. The van der Waals surface area contributed by atoms with Crippen molar-refractivity contribution in [2.45, 2.75) is 0 Å². The Bertz CT molecular complexity index is 70.1. The van der Waals surface area contributed by atoms with E-state index in [2.05, 4.69) is 9.73 Å². The molecule has 0 saturated carbocycles. The van der Waals surface area contributed by atoms with E-state index in [1.54, 1.807) is 0 Å². The van der Waals surface area contributed by atoms with Crippen molar-refractivity contribution < 1.29 is 9.53 Å². The van der Waals surface area contributed by atoms with Crippen LogP contribution in [0, 0.1) is 0 Å². The summed E-state index contributed by atoms with van der Waals surface area (Å²) in [7, 11) is 1.48. The van der Waals surface area contributed by atoms with Crippen LogP contribution < -0.4 is 0 Å². The topological polar surface area (TPSA) is 38.7 Å². The molecular formula is C4H7NO2. The van der Waals surface area contributed by atoms with Gasteiger partial charge < -0.3 is 9.53 Å². The van der Waals surface area contributed by atoms with E-state index in [0.29, 0.717) is 6.29 Å². The number of hydrogen-bond donors (Lipinski definition) is 0. The Balaban J connectivity index is 2.92. The highest BCUT2D eigenvalue weighted by Gasteiger charge is 1.66. The average Bonchev–Trinajstić information content (AvgIpc) is 1.69. The molecule has 0 spiro atoms. The lowest BCUT2D eigenvalue weighted by Gasteiger charge is -1.79. The summed E-state index contributed by atoms with van der Waals surface area (Å²) >= 11 is 0. The lowest BCUT2D eigenvalue weighted by molar-refractivity contribution is -0.106. The molecule has 0 atom stereocenters. The zero-order valence-corrected chi connectivity index (χ0v) is 4.13. The van der Waals surface area contributed by atoms with Crippen LogP contribution in [0.15, 0.2) is 4.99 Å².